The van der Waals surface area contributed by atoms with Crippen LogP contribution in [0.4, 0.5) is 24.5 Å². The predicted octanol–water partition coefficient (Wildman–Crippen LogP) is 4.32. The summed E-state index contributed by atoms with van der Waals surface area (Å²) in [6.45, 7) is 3.11. The normalized spacial score (nSPS) is 15.0. The van der Waals surface area contributed by atoms with Gasteiger partial charge in [0, 0.05) is 57.2 Å². The Bertz CT molecular complexity index is 1150. The Hall–Kier alpha value is -3.12. The van der Waals surface area contributed by atoms with Crippen molar-refractivity contribution in [3.63, 3.8) is 0 Å². The highest BCUT2D eigenvalue weighted by Crippen LogP contribution is 2.36. The molecule has 0 N–H and O–H groups in total. The molecule has 1 fully saturated rings. The molecule has 0 aliphatic carbocycles. The number of nitro groups is 1. The van der Waals surface area contributed by atoms with Crippen LogP contribution in [0.3, 0.4) is 0 Å². The van der Waals surface area contributed by atoms with Gasteiger partial charge in [-0.3, -0.25) is 15.0 Å². The van der Waals surface area contributed by atoms with E-state index in [0.717, 1.165) is 34.9 Å². The van der Waals surface area contributed by atoms with Gasteiger partial charge in [0.15, 0.2) is 11.0 Å². The molecule has 3 aromatic rings. The van der Waals surface area contributed by atoms with Crippen molar-refractivity contribution < 1.29 is 18.1 Å². The summed E-state index contributed by atoms with van der Waals surface area (Å²) in [6.07, 6.45) is -4.62. The molecule has 1 aliphatic heterocycles. The number of rotatable bonds is 7. The first-order chi connectivity index (χ1) is 16.2. The summed E-state index contributed by atoms with van der Waals surface area (Å²) in [5, 5.41) is 20.8. The second-order valence-corrected chi connectivity index (χ2v) is 8.93. The average molecular weight is 493 g/mol. The second-order valence-electron chi connectivity index (χ2n) is 7.87. The third kappa shape index (κ3) is 5.33. The number of anilines is 1. The van der Waals surface area contributed by atoms with Crippen LogP contribution in [-0.2, 0) is 13.2 Å². The van der Waals surface area contributed by atoms with Gasteiger partial charge in [-0.2, -0.15) is 13.2 Å². The Balaban J connectivity index is 1.31. The van der Waals surface area contributed by atoms with Crippen molar-refractivity contribution in [2.75, 3.05) is 43.4 Å². The quantitative estimate of drug-likeness (QED) is 0.276. The molecule has 0 spiro atoms. The van der Waals surface area contributed by atoms with Gasteiger partial charge in [0.25, 0.3) is 5.69 Å². The first-order valence-electron chi connectivity index (χ1n) is 10.6. The molecule has 1 aromatic heterocycles. The summed E-state index contributed by atoms with van der Waals surface area (Å²) in [7, 11) is 1.93. The monoisotopic (exact) mass is 492 g/mol. The van der Waals surface area contributed by atoms with Gasteiger partial charge in [-0.25, -0.2) is 0 Å². The van der Waals surface area contributed by atoms with Crippen LogP contribution in [0.2, 0.25) is 0 Å². The van der Waals surface area contributed by atoms with Gasteiger partial charge in [-0.1, -0.05) is 42.1 Å². The van der Waals surface area contributed by atoms with Crippen LogP contribution in [0.15, 0.2) is 53.7 Å². The van der Waals surface area contributed by atoms with E-state index in [4.69, 9.17) is 0 Å². The Morgan fingerprint density at radius 2 is 1.76 bits per heavy atom. The Labute approximate surface area is 198 Å². The molecule has 0 radical (unpaired) electrons. The number of benzene rings is 2. The summed E-state index contributed by atoms with van der Waals surface area (Å²) < 4.78 is 40.8. The predicted molar refractivity (Wildman–Crippen MR) is 124 cm³/mol. The Morgan fingerprint density at radius 1 is 1.06 bits per heavy atom. The van der Waals surface area contributed by atoms with Crippen molar-refractivity contribution in [3.8, 4) is 11.4 Å². The Kier molecular flexibility index (Phi) is 7.08. The number of nitro benzene ring substituents is 1. The highest BCUT2D eigenvalue weighted by Gasteiger charge is 2.34. The topological polar surface area (TPSA) is 80.3 Å². The highest BCUT2D eigenvalue weighted by atomic mass is 32.2. The summed E-state index contributed by atoms with van der Waals surface area (Å²) >= 11 is 1.60. The van der Waals surface area contributed by atoms with Gasteiger partial charge >= 0.3 is 6.18 Å². The van der Waals surface area contributed by atoms with Gasteiger partial charge in [-0.15, -0.1) is 10.2 Å². The molecule has 0 amide bonds. The first kappa shape index (κ1) is 24.0. The molecule has 1 aliphatic rings. The maximum absolute atomic E-state index is 13.0. The van der Waals surface area contributed by atoms with Crippen LogP contribution in [0, 0.1) is 10.1 Å². The number of hydrogen-bond donors (Lipinski definition) is 0. The summed E-state index contributed by atoms with van der Waals surface area (Å²) in [4.78, 5) is 14.6. The average Bonchev–Trinajstić information content (AvgIpc) is 3.19. The minimum Gasteiger partial charge on any atom is -0.363 e. The van der Waals surface area contributed by atoms with Crippen molar-refractivity contribution in [1.29, 1.82) is 0 Å². The van der Waals surface area contributed by atoms with E-state index in [1.54, 1.807) is 16.7 Å². The van der Waals surface area contributed by atoms with E-state index in [2.05, 4.69) is 15.1 Å². The third-order valence-corrected chi connectivity index (χ3v) is 6.72. The van der Waals surface area contributed by atoms with Crippen LogP contribution in [0.1, 0.15) is 5.56 Å². The number of thioether (sulfide) groups is 1. The van der Waals surface area contributed by atoms with Crippen LogP contribution < -0.4 is 4.90 Å². The number of halogens is 3. The highest BCUT2D eigenvalue weighted by molar-refractivity contribution is 7.99. The molecule has 1 saturated heterocycles. The second kappa shape index (κ2) is 10.0. The lowest BCUT2D eigenvalue weighted by atomic mass is 10.1. The molecule has 0 bridgehead atoms. The molecule has 180 valence electrons. The van der Waals surface area contributed by atoms with Crippen LogP contribution in [0.5, 0.6) is 0 Å². The molecular weight excluding hydrogens is 469 g/mol. The fourth-order valence-corrected chi connectivity index (χ4v) is 4.78. The van der Waals surface area contributed by atoms with E-state index in [0.29, 0.717) is 32.2 Å². The maximum atomic E-state index is 13.0. The molecule has 12 heteroatoms. The molecule has 0 atom stereocenters. The van der Waals surface area contributed by atoms with E-state index in [1.807, 2.05) is 41.9 Å². The fourth-order valence-electron chi connectivity index (χ4n) is 3.87. The smallest absolute Gasteiger partial charge is 0.363 e. The summed E-state index contributed by atoms with van der Waals surface area (Å²) in [6, 6.07) is 12.5. The minimum atomic E-state index is -4.62. The van der Waals surface area contributed by atoms with Crippen molar-refractivity contribution in [2.45, 2.75) is 11.3 Å². The summed E-state index contributed by atoms with van der Waals surface area (Å²) in [5.41, 5.74) is -0.314. The molecule has 8 nitrogen and oxygen atoms in total. The zero-order chi connectivity index (χ0) is 24.3. The van der Waals surface area contributed by atoms with Crippen molar-refractivity contribution in [3.05, 3.63) is 64.2 Å². The number of hydrogen-bond acceptors (Lipinski definition) is 7. The van der Waals surface area contributed by atoms with E-state index in [1.165, 1.54) is 6.07 Å². The number of nitrogens with zero attached hydrogens (tertiary/aromatic N) is 6. The maximum Gasteiger partial charge on any atom is 0.416 e. The van der Waals surface area contributed by atoms with Crippen LogP contribution in [0.25, 0.3) is 11.4 Å². The van der Waals surface area contributed by atoms with Gasteiger partial charge < -0.3 is 9.47 Å². The van der Waals surface area contributed by atoms with Crippen molar-refractivity contribution in [2.24, 2.45) is 7.05 Å². The lowest BCUT2D eigenvalue weighted by molar-refractivity contribution is -0.384. The molecule has 0 saturated carbocycles. The van der Waals surface area contributed by atoms with Crippen molar-refractivity contribution >= 4 is 23.1 Å². The lowest BCUT2D eigenvalue weighted by Gasteiger charge is -2.35. The van der Waals surface area contributed by atoms with Crippen molar-refractivity contribution in [1.82, 2.24) is 19.7 Å². The van der Waals surface area contributed by atoms with Crippen LogP contribution >= 0.6 is 11.8 Å². The number of aromatic nitrogens is 3. The van der Waals surface area contributed by atoms with Gasteiger partial charge in [0.1, 0.15) is 5.69 Å². The molecule has 34 heavy (non-hydrogen) atoms. The minimum absolute atomic E-state index is 0.222. The van der Waals surface area contributed by atoms with E-state index in [-0.39, 0.29) is 5.69 Å². The molecule has 2 heterocycles. The zero-order valence-electron chi connectivity index (χ0n) is 18.4. The van der Waals surface area contributed by atoms with Gasteiger partial charge in [0.05, 0.1) is 10.5 Å². The first-order valence-corrected chi connectivity index (χ1v) is 11.6. The third-order valence-electron chi connectivity index (χ3n) is 5.72. The summed E-state index contributed by atoms with van der Waals surface area (Å²) in [5.74, 6) is 1.59. The number of piperazine rings is 1. The molecule has 0 unspecified atom stereocenters. The SMILES string of the molecule is Cn1c(SCCN2CCN(c3ccc(C(F)(F)F)cc3[N+](=O)[O-])CC2)nnc1-c1ccccc1. The van der Waals surface area contributed by atoms with E-state index in [9.17, 15) is 23.3 Å². The standard InChI is InChI=1S/C22H23F3N6O2S/c1-28-20(16-5-3-2-4-6-16)26-27-21(28)34-14-13-29-9-11-30(12-10-29)18-8-7-17(22(23,24)25)15-19(18)31(32)33/h2-8,15H,9-14H2,1H3. The fraction of sp³-hybridized carbons (Fsp3) is 0.364. The molecule has 2 aromatic carbocycles. The number of alkyl halides is 3. The van der Waals surface area contributed by atoms with E-state index >= 15 is 0 Å². The lowest BCUT2D eigenvalue weighted by Crippen LogP contribution is -2.47. The molecular formula is C22H23F3N6O2S. The zero-order valence-corrected chi connectivity index (χ0v) is 19.2. The molecule has 4 rings (SSSR count). The van der Waals surface area contributed by atoms with Gasteiger partial charge in [-0.05, 0) is 12.1 Å². The Morgan fingerprint density at radius 3 is 2.41 bits per heavy atom. The van der Waals surface area contributed by atoms with E-state index < -0.39 is 22.4 Å². The van der Waals surface area contributed by atoms with Gasteiger partial charge in [0.2, 0.25) is 0 Å². The van der Waals surface area contributed by atoms with Crippen LogP contribution in [-0.4, -0.2) is 63.1 Å². The largest absolute Gasteiger partial charge is 0.416 e.